The Kier molecular flexibility index (Phi) is 17.3. The average molecular weight is 801 g/mol. The molecule has 0 aromatic heterocycles. The third-order valence-corrected chi connectivity index (χ3v) is 13.0. The summed E-state index contributed by atoms with van der Waals surface area (Å²) >= 11 is 0. The minimum absolute atomic E-state index is 0.0700. The summed E-state index contributed by atoms with van der Waals surface area (Å²) in [6, 6.07) is -1.32. The Balaban J connectivity index is 1.73. The van der Waals surface area contributed by atoms with E-state index in [-0.39, 0.29) is 61.0 Å². The first-order chi connectivity index (χ1) is 27.1. The third-order valence-electron chi connectivity index (χ3n) is 13.0. The van der Waals surface area contributed by atoms with E-state index in [1.165, 1.54) is 4.90 Å². The van der Waals surface area contributed by atoms with Crippen LogP contribution < -0.4 is 0 Å². The Morgan fingerprint density at radius 2 is 1.68 bits per heavy atom. The van der Waals surface area contributed by atoms with Crippen LogP contribution in [0.3, 0.4) is 0 Å². The van der Waals surface area contributed by atoms with E-state index in [2.05, 4.69) is 29.1 Å². The monoisotopic (exact) mass is 800 g/mol. The van der Waals surface area contributed by atoms with Crippen LogP contribution in [0, 0.1) is 29.6 Å². The highest BCUT2D eigenvalue weighted by Crippen LogP contribution is 2.39. The van der Waals surface area contributed by atoms with Gasteiger partial charge in [-0.05, 0) is 113 Å². The molecule has 1 amide bonds. The van der Waals surface area contributed by atoms with Crippen molar-refractivity contribution in [2.24, 2.45) is 34.7 Å². The van der Waals surface area contributed by atoms with Gasteiger partial charge in [0, 0.05) is 51.0 Å². The summed E-state index contributed by atoms with van der Waals surface area (Å²) in [5, 5.41) is 16.0. The molecule has 3 fully saturated rings. The zero-order valence-corrected chi connectivity index (χ0v) is 35.7. The Morgan fingerprint density at radius 1 is 1.00 bits per heavy atom. The van der Waals surface area contributed by atoms with Gasteiger partial charge in [0.25, 0.3) is 11.7 Å². The van der Waals surface area contributed by atoms with Crippen LogP contribution in [0.4, 0.5) is 0 Å². The minimum Gasteiger partial charge on any atom is -0.456 e. The summed E-state index contributed by atoms with van der Waals surface area (Å²) in [6.45, 7) is 11.8. The first kappa shape index (κ1) is 46.6. The van der Waals surface area contributed by atoms with Crippen LogP contribution in [0.25, 0.3) is 10.4 Å². The fraction of sp³-hybridized carbons (Fsp3) is 0.814. The number of allylic oxidation sites excluding steroid dienone is 3. The SMILES string of the molecule is CCC1C=C(C)CC(C)CC(OC)C2OC(O)(C(=O)C(=O)N3CCCCC3C(=O)OC(C(C)=CC3CCC(N=[N+]=[N-])C(OC)C3)C(C)CCC1=O)C(C)CC2OC. The number of carbonyl (C=O) groups excluding carboxylic acids is 4. The molecule has 2 saturated heterocycles. The third kappa shape index (κ3) is 11.3. The average Bonchev–Trinajstić information content (AvgIpc) is 3.20. The lowest BCUT2D eigenvalue weighted by Gasteiger charge is -2.47. The van der Waals surface area contributed by atoms with Crippen LogP contribution in [0.2, 0.25) is 0 Å². The molecule has 0 aromatic carbocycles. The summed E-state index contributed by atoms with van der Waals surface area (Å²) < 4.78 is 30.1. The van der Waals surface area contributed by atoms with Crippen molar-refractivity contribution in [3.05, 3.63) is 33.7 Å². The second-order valence-electron chi connectivity index (χ2n) is 17.2. The predicted molar refractivity (Wildman–Crippen MR) is 214 cm³/mol. The lowest BCUT2D eigenvalue weighted by atomic mass is 9.81. The molecule has 14 heteroatoms. The minimum atomic E-state index is -2.47. The largest absolute Gasteiger partial charge is 0.456 e. The number of fused-ring (bicyclic) bond motifs is 3. The Hall–Kier alpha value is -3.13. The van der Waals surface area contributed by atoms with Gasteiger partial charge in [-0.15, -0.1) is 0 Å². The maximum absolute atomic E-state index is 14.3. The highest BCUT2D eigenvalue weighted by molar-refractivity contribution is 6.39. The molecule has 0 aromatic rings. The van der Waals surface area contributed by atoms with Gasteiger partial charge in [0.2, 0.25) is 5.79 Å². The van der Waals surface area contributed by atoms with E-state index >= 15 is 0 Å². The summed E-state index contributed by atoms with van der Waals surface area (Å²) in [5.41, 5.74) is 10.9. The lowest BCUT2D eigenvalue weighted by molar-refractivity contribution is -0.302. The number of Topliss-reactive ketones (excluding diaryl/α,β-unsaturated/α-hetero) is 2. The Labute approximate surface area is 339 Å². The molecular formula is C43H68N4O10. The molecule has 4 aliphatic rings. The van der Waals surface area contributed by atoms with Gasteiger partial charge >= 0.3 is 5.97 Å². The van der Waals surface area contributed by atoms with Crippen molar-refractivity contribution >= 4 is 23.4 Å². The molecule has 4 rings (SSSR count). The van der Waals surface area contributed by atoms with Crippen molar-refractivity contribution in [3.63, 3.8) is 0 Å². The highest BCUT2D eigenvalue weighted by atomic mass is 16.7. The number of aliphatic hydroxyl groups is 1. The molecule has 2 bridgehead atoms. The summed E-state index contributed by atoms with van der Waals surface area (Å²) in [7, 11) is 4.70. The van der Waals surface area contributed by atoms with Crippen LogP contribution in [-0.2, 0) is 42.9 Å². The summed E-state index contributed by atoms with van der Waals surface area (Å²) in [4.78, 5) is 60.8. The Morgan fingerprint density at radius 3 is 2.33 bits per heavy atom. The maximum atomic E-state index is 14.3. The van der Waals surface area contributed by atoms with Crippen molar-refractivity contribution in [1.82, 2.24) is 4.90 Å². The van der Waals surface area contributed by atoms with Gasteiger partial charge in [-0.1, -0.05) is 50.5 Å². The quantitative estimate of drug-likeness (QED) is 0.0715. The number of amides is 1. The molecule has 13 atom stereocenters. The van der Waals surface area contributed by atoms with E-state index in [9.17, 15) is 24.3 Å². The topological polar surface area (TPSA) is 187 Å². The number of azide groups is 1. The van der Waals surface area contributed by atoms with Crippen molar-refractivity contribution in [3.8, 4) is 0 Å². The molecule has 3 aliphatic heterocycles. The standard InChI is InChI=1S/C43H68N4O10/c1-10-31-20-25(2)19-26(3)21-36(54-8)39-37(55-9)23-29(6)43(52,57-39)40(49)41(50)47-18-12-11-13-33(47)42(51)56-38(27(4)14-17-34(31)48)28(5)22-30-15-16-32(45-46-44)35(24-30)53-7/h20,22,26-27,29-33,35-39,52H,10-19,21,23-24H2,1-9H3. The van der Waals surface area contributed by atoms with E-state index < -0.39 is 59.8 Å². The van der Waals surface area contributed by atoms with Gasteiger partial charge in [0.1, 0.15) is 24.0 Å². The van der Waals surface area contributed by atoms with Crippen LogP contribution in [0.15, 0.2) is 28.4 Å². The summed E-state index contributed by atoms with van der Waals surface area (Å²) in [5.74, 6) is -6.28. The predicted octanol–water partition coefficient (Wildman–Crippen LogP) is 6.82. The van der Waals surface area contributed by atoms with Crippen molar-refractivity contribution in [2.75, 3.05) is 27.9 Å². The number of ketones is 2. The summed E-state index contributed by atoms with van der Waals surface area (Å²) in [6.07, 6.45) is 7.61. The van der Waals surface area contributed by atoms with E-state index in [0.717, 1.165) is 17.6 Å². The first-order valence-electron chi connectivity index (χ1n) is 21.1. The number of rotatable bonds is 7. The molecule has 3 heterocycles. The number of esters is 1. The number of hydrogen-bond donors (Lipinski definition) is 1. The fourth-order valence-electron chi connectivity index (χ4n) is 9.59. The van der Waals surface area contributed by atoms with Gasteiger partial charge in [-0.25, -0.2) is 4.79 Å². The van der Waals surface area contributed by atoms with Gasteiger partial charge < -0.3 is 33.7 Å². The molecule has 57 heavy (non-hydrogen) atoms. The van der Waals surface area contributed by atoms with Gasteiger partial charge in [-0.2, -0.15) is 0 Å². The lowest BCUT2D eigenvalue weighted by Crippen LogP contribution is -2.64. The molecule has 1 N–H and O–H groups in total. The van der Waals surface area contributed by atoms with Gasteiger partial charge in [0.05, 0.1) is 24.4 Å². The van der Waals surface area contributed by atoms with E-state index in [1.807, 2.05) is 27.7 Å². The zero-order chi connectivity index (χ0) is 42.0. The van der Waals surface area contributed by atoms with E-state index in [4.69, 9.17) is 29.2 Å². The molecule has 1 aliphatic carbocycles. The number of cyclic esters (lactones) is 1. The number of ether oxygens (including phenoxy) is 5. The number of hydrogen-bond acceptors (Lipinski definition) is 11. The Bertz CT molecular complexity index is 1530. The van der Waals surface area contributed by atoms with Crippen LogP contribution in [-0.4, -0.2) is 110 Å². The first-order valence-corrected chi connectivity index (χ1v) is 21.1. The molecule has 0 spiro atoms. The van der Waals surface area contributed by atoms with Crippen LogP contribution >= 0.6 is 0 Å². The second-order valence-corrected chi connectivity index (χ2v) is 17.2. The van der Waals surface area contributed by atoms with Gasteiger partial charge in [-0.3, -0.25) is 14.4 Å². The maximum Gasteiger partial charge on any atom is 0.329 e. The van der Waals surface area contributed by atoms with Crippen LogP contribution in [0.1, 0.15) is 119 Å². The number of carbonyl (C=O) groups is 4. The van der Waals surface area contributed by atoms with E-state index in [1.54, 1.807) is 28.3 Å². The van der Waals surface area contributed by atoms with Gasteiger partial charge in [0.15, 0.2) is 0 Å². The van der Waals surface area contributed by atoms with Crippen molar-refractivity contribution in [2.45, 2.75) is 167 Å². The number of methoxy groups -OCH3 is 3. The zero-order valence-electron chi connectivity index (χ0n) is 35.7. The van der Waals surface area contributed by atoms with Crippen molar-refractivity contribution in [1.29, 1.82) is 0 Å². The normalized spacial score (nSPS) is 38.6. The molecule has 14 nitrogen and oxygen atoms in total. The van der Waals surface area contributed by atoms with Crippen molar-refractivity contribution < 1.29 is 48.0 Å². The highest BCUT2D eigenvalue weighted by Gasteiger charge is 2.56. The molecule has 1 saturated carbocycles. The molecule has 13 unspecified atom stereocenters. The number of piperidine rings is 1. The molecule has 320 valence electrons. The smallest absolute Gasteiger partial charge is 0.329 e. The molecule has 0 radical (unpaired) electrons. The van der Waals surface area contributed by atoms with Crippen LogP contribution in [0.5, 0.6) is 0 Å². The van der Waals surface area contributed by atoms with E-state index in [0.29, 0.717) is 57.8 Å². The number of nitrogens with zero attached hydrogens (tertiary/aromatic N) is 4. The second kappa shape index (κ2) is 21.2. The fourth-order valence-corrected chi connectivity index (χ4v) is 9.59. The molecular weight excluding hydrogens is 732 g/mol.